The van der Waals surface area contributed by atoms with Gasteiger partial charge in [-0.05, 0) is 92.2 Å². The quantitative estimate of drug-likeness (QED) is 0.223. The number of nitrogens with zero attached hydrogens (tertiary/aromatic N) is 5. The lowest BCUT2D eigenvalue weighted by Crippen LogP contribution is -2.45. The molecule has 2 aliphatic rings. The summed E-state index contributed by atoms with van der Waals surface area (Å²) in [5, 5.41) is 7.53. The highest BCUT2D eigenvalue weighted by Crippen LogP contribution is 2.29. The van der Waals surface area contributed by atoms with Crippen LogP contribution in [0.5, 0.6) is 0 Å². The molecule has 52 heavy (non-hydrogen) atoms. The Balaban J connectivity index is 1.05. The van der Waals surface area contributed by atoms with E-state index < -0.39 is 23.1 Å². The van der Waals surface area contributed by atoms with Crippen molar-refractivity contribution in [1.29, 1.82) is 0 Å². The molecule has 1 saturated carbocycles. The molecular weight excluding hydrogens is 657 g/mol. The number of fused-ring (bicyclic) bond motifs is 2. The van der Waals surface area contributed by atoms with Crippen LogP contribution in [0.1, 0.15) is 54.2 Å². The predicted molar refractivity (Wildman–Crippen MR) is 200 cm³/mol. The van der Waals surface area contributed by atoms with Crippen LogP contribution in [0.2, 0.25) is 0 Å². The third-order valence-corrected chi connectivity index (χ3v) is 10.4. The molecule has 2 N–H and O–H groups in total. The number of carbonyl (C=O) groups is 1. The number of nitrogens with one attached hydrogen (secondary N) is 2. The SMILES string of the molecule is O=C(N[C@H]1CC[C@@H](n2c(=O)c3cc(F)cnc3n(-c3cccc(-c4ccc(CN5CCCNCC5)cc4)c3)c2=O)CC1)c1ccc2ccccc2n1. The number of hydrogen-bond donors (Lipinski definition) is 2. The molecule has 11 heteroatoms. The third kappa shape index (κ3) is 6.89. The van der Waals surface area contributed by atoms with Gasteiger partial charge in [0.15, 0.2) is 5.65 Å². The van der Waals surface area contributed by atoms with Crippen molar-refractivity contribution in [3.63, 3.8) is 0 Å². The first kappa shape index (κ1) is 33.6. The van der Waals surface area contributed by atoms with E-state index in [1.807, 2.05) is 48.5 Å². The second-order valence-corrected chi connectivity index (χ2v) is 13.8. The van der Waals surface area contributed by atoms with Gasteiger partial charge in [-0.2, -0.15) is 0 Å². The maximum atomic E-state index is 14.6. The Bertz CT molecular complexity index is 2370. The Morgan fingerprint density at radius 3 is 2.54 bits per heavy atom. The summed E-state index contributed by atoms with van der Waals surface area (Å²) in [5.41, 5.74) is 3.77. The Hall–Kier alpha value is -5.52. The van der Waals surface area contributed by atoms with Gasteiger partial charge in [-0.25, -0.2) is 23.7 Å². The lowest BCUT2D eigenvalue weighted by Gasteiger charge is -2.30. The monoisotopic (exact) mass is 697 g/mol. The van der Waals surface area contributed by atoms with Crippen molar-refractivity contribution in [2.75, 3.05) is 26.2 Å². The molecule has 0 spiro atoms. The Morgan fingerprint density at radius 2 is 1.69 bits per heavy atom. The first-order valence-electron chi connectivity index (χ1n) is 18.0. The second-order valence-electron chi connectivity index (χ2n) is 13.8. The van der Waals surface area contributed by atoms with Crippen molar-refractivity contribution in [3.8, 4) is 16.8 Å². The molecule has 8 rings (SSSR count). The molecule has 3 aromatic heterocycles. The summed E-state index contributed by atoms with van der Waals surface area (Å²) in [6.45, 7) is 5.04. The Labute approximate surface area is 300 Å². The first-order valence-corrected chi connectivity index (χ1v) is 18.0. The average molecular weight is 698 g/mol. The zero-order chi connectivity index (χ0) is 35.6. The number of halogens is 1. The molecule has 4 heterocycles. The molecule has 0 unspecified atom stereocenters. The van der Waals surface area contributed by atoms with Crippen LogP contribution in [0, 0.1) is 5.82 Å². The molecule has 10 nitrogen and oxygen atoms in total. The van der Waals surface area contributed by atoms with Crippen LogP contribution in [0.15, 0.2) is 107 Å². The summed E-state index contributed by atoms with van der Waals surface area (Å²) in [5.74, 6) is -0.911. The zero-order valence-electron chi connectivity index (χ0n) is 28.8. The van der Waals surface area contributed by atoms with Crippen LogP contribution in [-0.4, -0.2) is 62.1 Å². The van der Waals surface area contributed by atoms with Gasteiger partial charge in [-0.1, -0.05) is 60.7 Å². The summed E-state index contributed by atoms with van der Waals surface area (Å²) >= 11 is 0. The van der Waals surface area contributed by atoms with Gasteiger partial charge in [0.1, 0.15) is 11.5 Å². The van der Waals surface area contributed by atoms with Crippen LogP contribution < -0.4 is 21.9 Å². The smallest absolute Gasteiger partial charge is 0.337 e. The van der Waals surface area contributed by atoms with Crippen LogP contribution in [0.4, 0.5) is 4.39 Å². The number of hydrogen-bond acceptors (Lipinski definition) is 7. The summed E-state index contributed by atoms with van der Waals surface area (Å²) in [4.78, 5) is 52.6. The standard InChI is InChI=1S/C41H40FN7O3/c42-31-24-35-38(44-25-31)48(34-7-3-6-30(23-34)28-11-9-27(10-12-28)26-47-21-4-19-43-20-22-47)41(52)49(40(35)51)33-16-14-32(15-17-33)45-39(50)37-18-13-29-5-1-2-8-36(29)46-37/h1-3,5-13,18,23-25,32-33,43H,4,14-17,19-22,26H2,(H,45,50)/t32-,33+. The number of pyridine rings is 2. The molecule has 1 saturated heterocycles. The fourth-order valence-corrected chi connectivity index (χ4v) is 7.61. The van der Waals surface area contributed by atoms with Crippen molar-refractivity contribution in [3.05, 3.63) is 135 Å². The highest BCUT2D eigenvalue weighted by atomic mass is 19.1. The Morgan fingerprint density at radius 1 is 0.865 bits per heavy atom. The van der Waals surface area contributed by atoms with Crippen LogP contribution in [0.25, 0.3) is 38.8 Å². The summed E-state index contributed by atoms with van der Waals surface area (Å²) in [6, 6.07) is 27.8. The number of rotatable bonds is 7. The normalized spacial score (nSPS) is 18.3. The van der Waals surface area contributed by atoms with Gasteiger partial charge >= 0.3 is 5.69 Å². The van der Waals surface area contributed by atoms with Gasteiger partial charge in [-0.3, -0.25) is 19.1 Å². The van der Waals surface area contributed by atoms with Crippen LogP contribution in [-0.2, 0) is 6.54 Å². The molecule has 0 bridgehead atoms. The average Bonchev–Trinajstić information content (AvgIpc) is 3.45. The van der Waals surface area contributed by atoms with Gasteiger partial charge in [0.2, 0.25) is 0 Å². The van der Waals surface area contributed by atoms with E-state index in [9.17, 15) is 18.8 Å². The van der Waals surface area contributed by atoms with Crippen molar-refractivity contribution >= 4 is 27.8 Å². The van der Waals surface area contributed by atoms with Gasteiger partial charge < -0.3 is 10.6 Å². The minimum absolute atomic E-state index is 0.0378. The van der Waals surface area contributed by atoms with Crippen LogP contribution >= 0.6 is 0 Å². The molecule has 6 aromatic rings. The summed E-state index contributed by atoms with van der Waals surface area (Å²) in [7, 11) is 0. The van der Waals surface area contributed by atoms with E-state index >= 15 is 0 Å². The van der Waals surface area contributed by atoms with E-state index in [2.05, 4.69) is 49.8 Å². The van der Waals surface area contributed by atoms with Gasteiger partial charge in [-0.15, -0.1) is 0 Å². The molecule has 1 amide bonds. The number of carbonyl (C=O) groups excluding carboxylic acids is 1. The maximum absolute atomic E-state index is 14.6. The zero-order valence-corrected chi connectivity index (χ0v) is 28.8. The molecule has 1 aliphatic heterocycles. The van der Waals surface area contributed by atoms with Crippen molar-refractivity contribution in [2.45, 2.75) is 50.7 Å². The molecule has 2 fully saturated rings. The maximum Gasteiger partial charge on any atom is 0.337 e. The van der Waals surface area contributed by atoms with Crippen molar-refractivity contribution in [2.24, 2.45) is 0 Å². The molecule has 0 radical (unpaired) electrons. The van der Waals surface area contributed by atoms with Crippen LogP contribution in [0.3, 0.4) is 0 Å². The van der Waals surface area contributed by atoms with E-state index in [0.29, 0.717) is 37.1 Å². The number of para-hydroxylation sites is 1. The van der Waals surface area contributed by atoms with E-state index in [1.54, 1.807) is 12.1 Å². The van der Waals surface area contributed by atoms with Crippen molar-refractivity contribution < 1.29 is 9.18 Å². The summed E-state index contributed by atoms with van der Waals surface area (Å²) in [6.07, 6.45) is 4.27. The summed E-state index contributed by atoms with van der Waals surface area (Å²) < 4.78 is 17.2. The minimum Gasteiger partial charge on any atom is -0.348 e. The molecule has 3 aromatic carbocycles. The minimum atomic E-state index is -0.652. The van der Waals surface area contributed by atoms with E-state index in [1.165, 1.54) is 14.7 Å². The highest BCUT2D eigenvalue weighted by molar-refractivity contribution is 5.95. The second kappa shape index (κ2) is 14.6. The van der Waals surface area contributed by atoms with Gasteiger partial charge in [0.25, 0.3) is 11.5 Å². The van der Waals surface area contributed by atoms with Gasteiger partial charge in [0, 0.05) is 37.1 Å². The van der Waals surface area contributed by atoms with E-state index in [0.717, 1.165) is 73.4 Å². The first-order chi connectivity index (χ1) is 25.4. The fraction of sp³-hybridized carbons (Fsp3) is 0.293. The largest absolute Gasteiger partial charge is 0.348 e. The van der Waals surface area contributed by atoms with E-state index in [4.69, 9.17) is 0 Å². The lowest BCUT2D eigenvalue weighted by atomic mass is 9.90. The third-order valence-electron chi connectivity index (χ3n) is 10.4. The molecule has 0 atom stereocenters. The fourth-order valence-electron chi connectivity index (χ4n) is 7.61. The molecule has 264 valence electrons. The highest BCUT2D eigenvalue weighted by Gasteiger charge is 2.28. The number of amides is 1. The van der Waals surface area contributed by atoms with E-state index in [-0.39, 0.29) is 23.0 Å². The predicted octanol–water partition coefficient (Wildman–Crippen LogP) is 5.61. The lowest BCUT2D eigenvalue weighted by molar-refractivity contribution is 0.0917. The molecular formula is C41H40FN7O3. The number of benzene rings is 3. The molecule has 1 aliphatic carbocycles. The topological polar surface area (TPSA) is 114 Å². The number of aromatic nitrogens is 4. The van der Waals surface area contributed by atoms with Gasteiger partial charge in [0.05, 0.1) is 22.8 Å². The Kier molecular flexibility index (Phi) is 9.44. The van der Waals surface area contributed by atoms with Crippen molar-refractivity contribution in [1.82, 2.24) is 34.6 Å².